The Hall–Kier alpha value is -4.63. The first-order chi connectivity index (χ1) is 26.5. The summed E-state index contributed by atoms with van der Waals surface area (Å²) in [6, 6.07) is -6.12. The zero-order valence-electron chi connectivity index (χ0n) is 33.7. The summed E-state index contributed by atoms with van der Waals surface area (Å²) < 4.78 is 47.9. The molecular weight excluding hydrogens is 769 g/mol. The zero-order valence-corrected chi connectivity index (χ0v) is 34.5. The first-order valence-corrected chi connectivity index (χ1v) is 20.6. The molecule has 4 saturated heterocycles. The van der Waals surface area contributed by atoms with Crippen LogP contribution < -0.4 is 10.6 Å². The van der Waals surface area contributed by atoms with Gasteiger partial charge in [-0.05, 0) is 92.2 Å². The second kappa shape index (κ2) is 15.6. The van der Waals surface area contributed by atoms with E-state index in [1.54, 1.807) is 77.3 Å². The number of carbonyl (C=O) groups is 6. The van der Waals surface area contributed by atoms with Gasteiger partial charge in [0.15, 0.2) is 0 Å². The van der Waals surface area contributed by atoms with Gasteiger partial charge in [0, 0.05) is 38.3 Å². The highest BCUT2D eigenvalue weighted by atomic mass is 32.3. The minimum absolute atomic E-state index is 0.0381. The SMILES string of the molecule is CC1=C[C@@H](C(=O)NC2CCN(C(=O)OC(C)(C)C)CC2)N2C[C@@H]1N(OS(=O)(=O)ON1C(=O)N3C[C@H]1C(C)=C[C@H]3C(=O)NC1CCN(C(=O)OC(C)(C)C)CC1)C2=O. The molecule has 0 aliphatic carbocycles. The summed E-state index contributed by atoms with van der Waals surface area (Å²) in [6.07, 6.45) is 4.20. The Balaban J connectivity index is 1.01. The van der Waals surface area contributed by atoms with Crippen LogP contribution in [-0.2, 0) is 38.0 Å². The molecule has 0 saturated carbocycles. The van der Waals surface area contributed by atoms with E-state index in [1.165, 1.54) is 9.80 Å². The number of urea groups is 2. The minimum Gasteiger partial charge on any atom is -0.444 e. The lowest BCUT2D eigenvalue weighted by Gasteiger charge is -2.35. The molecule has 4 atom stereocenters. The van der Waals surface area contributed by atoms with E-state index in [-0.39, 0.29) is 25.2 Å². The molecule has 6 aliphatic rings. The monoisotopic (exact) mass is 822 g/mol. The molecular formula is C36H54N8O12S. The van der Waals surface area contributed by atoms with Crippen LogP contribution in [0.5, 0.6) is 0 Å². The zero-order chi connectivity index (χ0) is 41.8. The van der Waals surface area contributed by atoms with Crippen molar-refractivity contribution < 1.29 is 55.2 Å². The molecule has 20 nitrogen and oxygen atoms in total. The summed E-state index contributed by atoms with van der Waals surface area (Å²) in [7, 11) is -5.09. The van der Waals surface area contributed by atoms with Gasteiger partial charge in [0.2, 0.25) is 11.8 Å². The summed E-state index contributed by atoms with van der Waals surface area (Å²) in [5.74, 6) is -0.928. The molecule has 4 bridgehead atoms. The van der Waals surface area contributed by atoms with Crippen LogP contribution in [-0.4, -0.2) is 161 Å². The van der Waals surface area contributed by atoms with Gasteiger partial charge < -0.3 is 39.7 Å². The van der Waals surface area contributed by atoms with Gasteiger partial charge in [-0.15, -0.1) is 8.57 Å². The molecule has 21 heteroatoms. The Labute approximate surface area is 332 Å². The first kappa shape index (κ1) is 42.0. The van der Waals surface area contributed by atoms with Gasteiger partial charge in [-0.2, -0.15) is 18.5 Å². The van der Waals surface area contributed by atoms with E-state index in [2.05, 4.69) is 10.6 Å². The molecule has 6 rings (SSSR count). The third-order valence-corrected chi connectivity index (χ3v) is 11.3. The third kappa shape index (κ3) is 9.41. The summed E-state index contributed by atoms with van der Waals surface area (Å²) in [5, 5.41) is 7.13. The molecule has 0 aromatic rings. The maximum atomic E-state index is 13.5. The summed E-state index contributed by atoms with van der Waals surface area (Å²) in [4.78, 5) is 84.4. The van der Waals surface area contributed by atoms with Gasteiger partial charge in [-0.25, -0.2) is 19.2 Å². The summed E-state index contributed by atoms with van der Waals surface area (Å²) >= 11 is 0. The summed E-state index contributed by atoms with van der Waals surface area (Å²) in [6.45, 7) is 15.4. The number of fused-ring (bicyclic) bond motifs is 4. The minimum atomic E-state index is -5.09. The van der Waals surface area contributed by atoms with Crippen molar-refractivity contribution in [3.05, 3.63) is 23.3 Å². The molecule has 0 radical (unpaired) electrons. The second-order valence-electron chi connectivity index (χ2n) is 17.3. The number of ether oxygens (including phenoxy) is 2. The van der Waals surface area contributed by atoms with Crippen LogP contribution in [0.1, 0.15) is 81.1 Å². The highest BCUT2D eigenvalue weighted by Crippen LogP contribution is 2.34. The van der Waals surface area contributed by atoms with Crippen molar-refractivity contribution in [2.45, 2.75) is 129 Å². The standard InChI is InChI=1S/C36H54N8O12S/c1-21-17-25(29(45)37-23-9-13-39(14-10-23)33(49)53-35(3,4)5)41-19-27(21)43(31(41)47)55-57(51,52)56-44-28-20-42(32(44)48)26(18-22(28)2)30(46)38-24-11-15-40(16-12-24)34(50)54-36(6,7)8/h17-18,23-28H,9-16,19-20H2,1-8H3,(H,37,45)(H,38,46)/t25-,26-,27-,28-/m0/s1. The largest absolute Gasteiger partial charge is 0.444 e. The average molecular weight is 823 g/mol. The third-order valence-electron chi connectivity index (χ3n) is 10.6. The number of amides is 8. The predicted octanol–water partition coefficient (Wildman–Crippen LogP) is 2.00. The Kier molecular flexibility index (Phi) is 11.5. The molecule has 57 heavy (non-hydrogen) atoms. The number of carbonyl (C=O) groups excluding carboxylic acids is 6. The molecule has 4 fully saturated rings. The van der Waals surface area contributed by atoms with Crippen LogP contribution in [0, 0.1) is 0 Å². The Morgan fingerprint density at radius 2 is 0.965 bits per heavy atom. The van der Waals surface area contributed by atoms with E-state index in [4.69, 9.17) is 18.0 Å². The van der Waals surface area contributed by atoms with Crippen molar-refractivity contribution in [1.82, 2.24) is 40.4 Å². The Bertz CT molecular complexity index is 1700. The molecule has 0 aromatic carbocycles. The van der Waals surface area contributed by atoms with Crippen molar-refractivity contribution >= 4 is 46.5 Å². The predicted molar refractivity (Wildman–Crippen MR) is 200 cm³/mol. The second-order valence-corrected chi connectivity index (χ2v) is 18.4. The number of hydrogen-bond acceptors (Lipinski definition) is 12. The number of rotatable bonds is 8. The van der Waals surface area contributed by atoms with E-state index in [9.17, 15) is 37.2 Å². The van der Waals surface area contributed by atoms with Gasteiger partial charge in [-0.3, -0.25) is 9.59 Å². The highest BCUT2D eigenvalue weighted by molar-refractivity contribution is 7.81. The molecule has 6 aliphatic heterocycles. The van der Waals surface area contributed by atoms with Crippen LogP contribution in [0.4, 0.5) is 19.2 Å². The number of likely N-dealkylation sites (tertiary alicyclic amines) is 2. The van der Waals surface area contributed by atoms with E-state index in [1.807, 2.05) is 0 Å². The molecule has 316 valence electrons. The quantitative estimate of drug-likeness (QED) is 0.336. The maximum absolute atomic E-state index is 13.5. The molecule has 0 aromatic heterocycles. The molecule has 0 unspecified atom stereocenters. The van der Waals surface area contributed by atoms with E-state index in [0.29, 0.717) is 73.1 Å². The maximum Gasteiger partial charge on any atom is 0.442 e. The van der Waals surface area contributed by atoms with Gasteiger partial charge in [0.25, 0.3) is 0 Å². The van der Waals surface area contributed by atoms with E-state index < -0.39 is 81.8 Å². The van der Waals surface area contributed by atoms with E-state index in [0.717, 1.165) is 0 Å². The van der Waals surface area contributed by atoms with Crippen molar-refractivity contribution in [1.29, 1.82) is 0 Å². The molecule has 8 amide bonds. The lowest BCUT2D eigenvalue weighted by atomic mass is 10.00. The Morgan fingerprint density at radius 1 is 0.632 bits per heavy atom. The lowest BCUT2D eigenvalue weighted by molar-refractivity contribution is -0.125. The fraction of sp³-hybridized carbons (Fsp3) is 0.722. The molecule has 2 N–H and O–H groups in total. The van der Waals surface area contributed by atoms with Crippen molar-refractivity contribution in [3.8, 4) is 0 Å². The first-order valence-electron chi connectivity index (χ1n) is 19.3. The van der Waals surface area contributed by atoms with Crippen LogP contribution in [0.25, 0.3) is 0 Å². The number of piperidine rings is 2. The fourth-order valence-electron chi connectivity index (χ4n) is 7.67. The molecule has 6 heterocycles. The van der Waals surface area contributed by atoms with Gasteiger partial charge in [0.1, 0.15) is 35.4 Å². The highest BCUT2D eigenvalue weighted by Gasteiger charge is 2.53. The fourth-order valence-corrected chi connectivity index (χ4v) is 8.43. The summed E-state index contributed by atoms with van der Waals surface area (Å²) in [5.41, 5.74) is -0.248. The van der Waals surface area contributed by atoms with Gasteiger partial charge in [0.05, 0.1) is 13.1 Å². The van der Waals surface area contributed by atoms with Crippen molar-refractivity contribution in [2.24, 2.45) is 0 Å². The van der Waals surface area contributed by atoms with Crippen LogP contribution in [0.15, 0.2) is 23.3 Å². The average Bonchev–Trinajstić information content (AvgIpc) is 3.53. The van der Waals surface area contributed by atoms with E-state index >= 15 is 0 Å². The van der Waals surface area contributed by atoms with Crippen LogP contribution in [0.2, 0.25) is 0 Å². The number of nitrogens with zero attached hydrogens (tertiary/aromatic N) is 6. The lowest BCUT2D eigenvalue weighted by Crippen LogP contribution is -2.53. The number of hydroxylamine groups is 4. The Morgan fingerprint density at radius 3 is 1.28 bits per heavy atom. The number of nitrogens with one attached hydrogen (secondary N) is 2. The smallest absolute Gasteiger partial charge is 0.442 e. The van der Waals surface area contributed by atoms with Gasteiger partial charge in [-0.1, -0.05) is 12.2 Å². The van der Waals surface area contributed by atoms with Gasteiger partial charge >= 0.3 is 34.6 Å². The van der Waals surface area contributed by atoms with Crippen molar-refractivity contribution in [3.63, 3.8) is 0 Å². The van der Waals surface area contributed by atoms with Crippen LogP contribution in [0.3, 0.4) is 0 Å². The van der Waals surface area contributed by atoms with Crippen molar-refractivity contribution in [2.75, 3.05) is 39.3 Å². The molecule has 0 spiro atoms. The topological polar surface area (TPSA) is 217 Å². The van der Waals surface area contributed by atoms with Crippen LogP contribution >= 0.6 is 0 Å². The number of hydrogen-bond donors (Lipinski definition) is 2. The normalized spacial score (nSPS) is 26.0.